The Morgan fingerprint density at radius 3 is 0.932 bits per heavy atom. The first-order chi connectivity index (χ1) is 60.4. The van der Waals surface area contributed by atoms with Crippen LogP contribution < -0.4 is 54.2 Å². The molecule has 10 aromatic rings. The summed E-state index contributed by atoms with van der Waals surface area (Å²) in [5, 5.41) is 107. The number of anilines is 2. The number of nitrogens with zero attached hydrogens (tertiary/aromatic N) is 15. The molecular weight excluding hydrogens is 2820 g/mol. The number of hydrogen-bond acceptors (Lipinski definition) is 32. The number of piperazine rings is 4. The summed E-state index contributed by atoms with van der Waals surface area (Å²) < 4.78 is 9.75. The average Bonchev–Trinajstić information content (AvgIpc) is 0.778. The van der Waals surface area contributed by atoms with E-state index in [4.69, 9.17) is 73.4 Å². The third-order valence-corrected chi connectivity index (χ3v) is 19.7. The number of halogens is 1. The minimum Gasteiger partial charge on any atom is -0.479 e. The van der Waals surface area contributed by atoms with Crippen LogP contribution in [0, 0.1) is 220 Å². The number of aliphatic hydroxyl groups excluding tert-OH is 7. The van der Waals surface area contributed by atoms with Gasteiger partial charge in [0.05, 0.1) is 60.4 Å². The fourth-order valence-corrected chi connectivity index (χ4v) is 11.9. The predicted octanol–water partition coefficient (Wildman–Crippen LogP) is 3.13. The molecule has 1 amide bonds. The number of hydrazine groups is 1. The number of hydrogen-bond donors (Lipinski definition) is 14. The molecule has 5 radical (unpaired) electrons. The number of aromatic nitrogens is 7. The predicted molar refractivity (Wildman–Crippen MR) is 487 cm³/mol. The van der Waals surface area contributed by atoms with E-state index in [2.05, 4.69) is 86.9 Å². The first-order valence-electron chi connectivity index (χ1n) is 40.9. The van der Waals surface area contributed by atoms with E-state index in [0.29, 0.717) is 55.4 Å². The van der Waals surface area contributed by atoms with Gasteiger partial charge in [0, 0.05) is 337 Å². The quantitative estimate of drug-likeness (QED) is 0.0422. The maximum atomic E-state index is 12.9. The number of carbonyl (C=O) groups excluding carboxylic acids is 2. The zero-order valence-corrected chi connectivity index (χ0v) is 101. The molecule has 4 aliphatic heterocycles. The summed E-state index contributed by atoms with van der Waals surface area (Å²) in [7, 11) is 8.36. The topological polar surface area (TPSA) is 563 Å². The van der Waals surface area contributed by atoms with Crippen LogP contribution in [0.2, 0.25) is 0 Å². The summed E-state index contributed by atoms with van der Waals surface area (Å²) in [6.45, 7) is 28.4. The van der Waals surface area contributed by atoms with Gasteiger partial charge >= 0.3 is 29.5 Å². The summed E-state index contributed by atoms with van der Waals surface area (Å²) in [5.74, 6) is 2.30. The minimum atomic E-state index is -1.23. The molecule has 46 heteroatoms. The van der Waals surface area contributed by atoms with E-state index >= 15 is 0 Å². The molecule has 133 heavy (non-hydrogen) atoms. The Morgan fingerprint density at radius 2 is 0.654 bits per heavy atom. The molecule has 0 bridgehead atoms. The Balaban J connectivity index is 0.00000150. The maximum absolute atomic E-state index is 12.9. The molecule has 7 atom stereocenters. The van der Waals surface area contributed by atoms with Gasteiger partial charge in [-0.25, -0.2) is 62.9 Å². The molecule has 40 nitrogen and oxygen atoms in total. The number of aromatic carboxylic acids is 2. The van der Waals surface area contributed by atoms with E-state index in [1.54, 1.807) is 107 Å². The Morgan fingerprint density at radius 1 is 0.376 bits per heavy atom. The van der Waals surface area contributed by atoms with Crippen molar-refractivity contribution in [3.8, 4) is 0 Å². The number of carboxylic acids is 4. The third kappa shape index (κ3) is 42.2. The van der Waals surface area contributed by atoms with E-state index in [-0.39, 0.29) is 266 Å². The monoisotopic (exact) mass is 2940 g/mol. The first kappa shape index (κ1) is 128. The summed E-state index contributed by atoms with van der Waals surface area (Å²) in [6, 6.07) is 41.4. The van der Waals surface area contributed by atoms with Crippen LogP contribution in [0.4, 0.5) is 11.4 Å². The van der Waals surface area contributed by atoms with Crippen molar-refractivity contribution in [1.29, 1.82) is 0 Å². The Hall–Kier alpha value is -4.92. The zero-order valence-electron chi connectivity index (χ0n) is 76.8. The number of likely N-dealkylation sites (N-methyl/N-ethyl adjacent to an activating group) is 4. The van der Waals surface area contributed by atoms with E-state index in [9.17, 15) is 63.3 Å². The van der Waals surface area contributed by atoms with Gasteiger partial charge in [-0.3, -0.25) is 29.8 Å². The largest absolute Gasteiger partial charge is 0.479 e. The number of nitrogens with two attached hydrogens (primary N) is 2. The number of nitrogen functional groups attached to an aromatic ring is 1. The number of rotatable bonds is 14. The van der Waals surface area contributed by atoms with Crippen LogP contribution in [0.25, 0.3) is 43.6 Å². The van der Waals surface area contributed by atoms with Gasteiger partial charge in [-0.2, -0.15) is 0 Å². The van der Waals surface area contributed by atoms with E-state index in [0.717, 1.165) is 116 Å². The van der Waals surface area contributed by atoms with Crippen molar-refractivity contribution in [3.05, 3.63) is 222 Å². The molecule has 711 valence electrons. The van der Waals surface area contributed by atoms with Gasteiger partial charge in [-0.15, -0.1) is 0 Å². The van der Waals surface area contributed by atoms with Gasteiger partial charge in [0.25, 0.3) is 22.6 Å². The Labute approximate surface area is 953 Å². The molecule has 14 rings (SSSR count). The standard InChI is InChI=1S/C16H22N4O.2C15H20N4O2.C10H11NO4.C10H9NO3.C7H7NO2.C5H13N3.C3H5ClO2.2C3H6O3.5Ac/c1-12(2)15-17-14-7-5-4-6-13(14)16(21)20(15)19-10-8-18(3)9-11-19;2*1-11(20)14-16-13-6-4-3-5-12(13)15(21)19(14)18-9-7-17(2)8-10-18;1-6(12)9(13)11-8-5-3-2-4-7(8)10(14)15;1-6(12)9-11-8-5-3-2-4-7(8)10(13)14-9;8-6-4-2-1-3-5(6)7(9)10;1-7-2-4-8(6)5-3-7;1-2(5)3(4)6;2*1-2(4)3(5)6;;;;;/h4-7,12H,8-11H2,1-3H3;2*3-6,11,20H,7-10H2,1-2H3;2-6,12H,1H3,(H,11,13)(H,14,15);2-6,12H,1H3;1-4H,8H2,(H,9,10);2-6H2,1H3;2,5H,1H3;2*2,4H,1H3,(H,5,6);;;;;/t;2*11-;2*6-;;;3*2-;;;;;/m.0000..000...../s1. The van der Waals surface area contributed by atoms with Gasteiger partial charge in [-0.05, 0) is 161 Å². The number of nitrogens with one attached hydrogen (secondary N) is 1. The number of aliphatic carboxylic acids is 2. The van der Waals surface area contributed by atoms with E-state index in [1.807, 2.05) is 63.6 Å². The summed E-state index contributed by atoms with van der Waals surface area (Å²) in [4.78, 5) is 137. The van der Waals surface area contributed by atoms with Crippen molar-refractivity contribution in [1.82, 2.24) is 58.6 Å². The number of carboxylic acid groups (broad SMARTS) is 4. The van der Waals surface area contributed by atoms with E-state index in [1.165, 1.54) is 52.8 Å². The molecule has 4 aliphatic rings. The van der Waals surface area contributed by atoms with Crippen molar-refractivity contribution < 1.29 is 310 Å². The SMILES string of the molecule is CC(C)c1nc2ccccc2c(=O)n1N1CCN(C)CC1.CN1CCN(N)CC1.C[C@H](O)C(=O)Cl.C[C@H](O)C(=O)Nc1ccccc1C(=O)O.C[C@H](O)C(=O)O.C[C@H](O)C(=O)O.C[C@H](O)c1nc2ccccc2c(=O)n1N1CCN(C)CC1.C[C@H](O)c1nc2ccccc2c(=O)n1N1CCN(C)CC1.C[C@H](O)c1nc2ccccc2c(=O)o1.Nc1ccccc1C(=O)O.[Ac].[Ac].[Ac].[Ac].[Ac]. The summed E-state index contributed by atoms with van der Waals surface area (Å²) in [5.41, 5.74) is 7.92. The normalized spacial score (nSPS) is 15.2. The molecule has 8 heterocycles. The van der Waals surface area contributed by atoms with Crippen molar-refractivity contribution in [2.45, 2.75) is 111 Å². The summed E-state index contributed by atoms with van der Waals surface area (Å²) in [6.07, 6.45) is -7.11. The van der Waals surface area contributed by atoms with Gasteiger partial charge < -0.3 is 106 Å². The van der Waals surface area contributed by atoms with Crippen molar-refractivity contribution in [3.63, 3.8) is 0 Å². The number of fused-ring (bicyclic) bond motifs is 4. The molecule has 4 aromatic heterocycles. The molecule has 16 N–H and O–H groups in total. The second-order valence-electron chi connectivity index (χ2n) is 30.4. The molecule has 4 fully saturated rings. The van der Waals surface area contributed by atoms with Crippen LogP contribution in [0.1, 0.15) is 131 Å². The van der Waals surface area contributed by atoms with Crippen molar-refractivity contribution in [2.75, 3.05) is 159 Å². The van der Waals surface area contributed by atoms with Crippen LogP contribution in [0.5, 0.6) is 0 Å². The van der Waals surface area contributed by atoms with Crippen LogP contribution in [0.3, 0.4) is 0 Å². The number of para-hydroxylation sites is 6. The smallest absolute Gasteiger partial charge is 0.346 e. The second kappa shape index (κ2) is 65.2. The average molecular weight is 2940 g/mol. The minimum absolute atomic E-state index is 0. The molecule has 0 unspecified atom stereocenters. The van der Waals surface area contributed by atoms with Gasteiger partial charge in [0.15, 0.2) is 11.6 Å². The number of carbonyl (C=O) groups is 6. The van der Waals surface area contributed by atoms with Crippen molar-refractivity contribution in [2.24, 2.45) is 5.84 Å². The fourth-order valence-electron chi connectivity index (χ4n) is 11.9. The molecule has 4 saturated heterocycles. The third-order valence-electron chi connectivity index (χ3n) is 19.4. The Bertz CT molecular complexity index is 5210. The molecular formula is C87H119Ac5ClN18O22. The van der Waals surface area contributed by atoms with Gasteiger partial charge in [-0.1, -0.05) is 86.6 Å². The maximum Gasteiger partial charge on any atom is 0.346 e. The first-order valence-corrected chi connectivity index (χ1v) is 41.3. The van der Waals surface area contributed by atoms with Crippen LogP contribution >= 0.6 is 11.6 Å². The Kier molecular flexibility index (Phi) is 62.7. The van der Waals surface area contributed by atoms with Crippen LogP contribution in [0.15, 0.2) is 169 Å². The molecule has 0 saturated carbocycles. The van der Waals surface area contributed by atoms with Crippen LogP contribution in [-0.2, 0) is 19.2 Å². The number of aliphatic hydroxyl groups is 7. The fraction of sp³-hybridized carbons (Fsp3) is 0.425. The molecule has 6 aromatic carbocycles. The molecule has 0 spiro atoms. The van der Waals surface area contributed by atoms with Crippen molar-refractivity contribution >= 4 is 102 Å². The summed E-state index contributed by atoms with van der Waals surface area (Å²) >= 11 is 4.72. The number of benzene rings is 6. The number of amides is 1. The second-order valence-corrected chi connectivity index (χ2v) is 30.8. The van der Waals surface area contributed by atoms with Gasteiger partial charge in [0.1, 0.15) is 48.6 Å². The van der Waals surface area contributed by atoms with Crippen LogP contribution in [-0.4, -0.2) is 307 Å². The zero-order chi connectivity index (χ0) is 95.5. The van der Waals surface area contributed by atoms with Gasteiger partial charge in [0.2, 0.25) is 11.1 Å². The molecule has 0 aliphatic carbocycles. The van der Waals surface area contributed by atoms with E-state index < -0.39 is 83.4 Å².